The molecule has 0 unspecified atom stereocenters. The summed E-state index contributed by atoms with van der Waals surface area (Å²) in [7, 11) is 0. The van der Waals surface area contributed by atoms with Crippen LogP contribution in [0, 0.1) is 6.92 Å². The zero-order valence-electron chi connectivity index (χ0n) is 12.9. The number of aromatic nitrogens is 1. The minimum absolute atomic E-state index is 0.0316. The molecule has 6 heteroatoms. The first-order valence-electron chi connectivity index (χ1n) is 7.44. The topological polar surface area (TPSA) is 54.3 Å². The highest BCUT2D eigenvalue weighted by atomic mass is 79.9. The predicted octanol–water partition coefficient (Wildman–Crippen LogP) is 2.23. The molecule has 23 heavy (non-hydrogen) atoms. The van der Waals surface area contributed by atoms with Crippen LogP contribution in [-0.2, 0) is 16.1 Å². The van der Waals surface area contributed by atoms with Gasteiger partial charge in [0, 0.05) is 34.7 Å². The van der Waals surface area contributed by atoms with Crippen molar-refractivity contribution in [1.29, 1.82) is 0 Å². The number of rotatable bonds is 4. The van der Waals surface area contributed by atoms with E-state index in [1.807, 2.05) is 29.0 Å². The molecule has 0 radical (unpaired) electrons. The standard InChI is InChI=1S/C17H18BrN3O2/c1-3-17(23)21-8-12(9-21)19-16(22)10-20-7-6-13-11(2)14(18)4-5-15(13)20/h3-7,12H,1,8-10H2,2H3,(H,19,22). The Balaban J connectivity index is 1.62. The first-order chi connectivity index (χ1) is 11.0. The molecule has 0 atom stereocenters. The van der Waals surface area contributed by atoms with Gasteiger partial charge in [0.15, 0.2) is 0 Å². The van der Waals surface area contributed by atoms with E-state index in [2.05, 4.69) is 34.7 Å². The van der Waals surface area contributed by atoms with Crippen LogP contribution in [0.15, 0.2) is 41.5 Å². The Hall–Kier alpha value is -2.08. The Morgan fingerprint density at radius 2 is 2.13 bits per heavy atom. The number of carbonyl (C=O) groups excluding carboxylic acids is 2. The molecule has 1 aliphatic rings. The van der Waals surface area contributed by atoms with Gasteiger partial charge in [-0.1, -0.05) is 22.5 Å². The van der Waals surface area contributed by atoms with E-state index < -0.39 is 0 Å². The van der Waals surface area contributed by atoms with Crippen molar-refractivity contribution in [3.8, 4) is 0 Å². The maximum Gasteiger partial charge on any atom is 0.246 e. The fourth-order valence-electron chi connectivity index (χ4n) is 2.84. The van der Waals surface area contributed by atoms with E-state index in [9.17, 15) is 9.59 Å². The summed E-state index contributed by atoms with van der Waals surface area (Å²) in [5.41, 5.74) is 2.21. The Kier molecular flexibility index (Phi) is 4.26. The third-order valence-corrected chi connectivity index (χ3v) is 5.06. The number of likely N-dealkylation sites (tertiary alicyclic amines) is 1. The molecule has 1 saturated heterocycles. The van der Waals surface area contributed by atoms with E-state index >= 15 is 0 Å². The van der Waals surface area contributed by atoms with Crippen LogP contribution in [0.2, 0.25) is 0 Å². The van der Waals surface area contributed by atoms with Gasteiger partial charge in [-0.05, 0) is 36.8 Å². The highest BCUT2D eigenvalue weighted by molar-refractivity contribution is 9.10. The number of hydrogen-bond acceptors (Lipinski definition) is 2. The van der Waals surface area contributed by atoms with Gasteiger partial charge in [0.25, 0.3) is 0 Å². The number of halogens is 1. The fraction of sp³-hybridized carbons (Fsp3) is 0.294. The Morgan fingerprint density at radius 1 is 1.39 bits per heavy atom. The van der Waals surface area contributed by atoms with E-state index in [4.69, 9.17) is 0 Å². The van der Waals surface area contributed by atoms with Crippen LogP contribution in [0.5, 0.6) is 0 Å². The van der Waals surface area contributed by atoms with Gasteiger partial charge in [0.2, 0.25) is 11.8 Å². The van der Waals surface area contributed by atoms with Crippen LogP contribution in [0.3, 0.4) is 0 Å². The highest BCUT2D eigenvalue weighted by Gasteiger charge is 2.30. The predicted molar refractivity (Wildman–Crippen MR) is 93.1 cm³/mol. The summed E-state index contributed by atoms with van der Waals surface area (Å²) >= 11 is 3.52. The lowest BCUT2D eigenvalue weighted by atomic mass is 10.1. The number of nitrogens with one attached hydrogen (secondary N) is 1. The van der Waals surface area contributed by atoms with Gasteiger partial charge >= 0.3 is 0 Å². The Morgan fingerprint density at radius 3 is 2.83 bits per heavy atom. The van der Waals surface area contributed by atoms with Gasteiger partial charge in [0.1, 0.15) is 6.54 Å². The first kappa shape index (κ1) is 15.8. The van der Waals surface area contributed by atoms with Gasteiger partial charge in [-0.15, -0.1) is 0 Å². The largest absolute Gasteiger partial charge is 0.348 e. The van der Waals surface area contributed by atoms with Crippen molar-refractivity contribution in [3.05, 3.63) is 47.1 Å². The molecular weight excluding hydrogens is 358 g/mol. The van der Waals surface area contributed by atoms with E-state index in [0.29, 0.717) is 13.1 Å². The normalized spacial score (nSPS) is 14.6. The molecule has 1 aromatic heterocycles. The molecule has 1 fully saturated rings. The van der Waals surface area contributed by atoms with Crippen molar-refractivity contribution < 1.29 is 9.59 Å². The average molecular weight is 376 g/mol. The highest BCUT2D eigenvalue weighted by Crippen LogP contribution is 2.26. The van der Waals surface area contributed by atoms with Crippen molar-refractivity contribution in [2.75, 3.05) is 13.1 Å². The zero-order chi connectivity index (χ0) is 16.6. The zero-order valence-corrected chi connectivity index (χ0v) is 14.5. The molecule has 3 rings (SSSR count). The summed E-state index contributed by atoms with van der Waals surface area (Å²) in [5.74, 6) is -0.133. The number of hydrogen-bond donors (Lipinski definition) is 1. The molecule has 1 aromatic carbocycles. The molecule has 5 nitrogen and oxygen atoms in total. The van der Waals surface area contributed by atoms with Gasteiger partial charge in [-0.3, -0.25) is 9.59 Å². The van der Waals surface area contributed by atoms with Gasteiger partial charge in [0.05, 0.1) is 6.04 Å². The van der Waals surface area contributed by atoms with Crippen molar-refractivity contribution in [3.63, 3.8) is 0 Å². The second kappa shape index (κ2) is 6.20. The molecular formula is C17H18BrN3O2. The van der Waals surface area contributed by atoms with Crippen LogP contribution in [0.4, 0.5) is 0 Å². The Labute approximate surface area is 143 Å². The summed E-state index contributed by atoms with van der Waals surface area (Å²) in [6, 6.07) is 6.06. The van der Waals surface area contributed by atoms with Crippen molar-refractivity contribution in [2.24, 2.45) is 0 Å². The summed E-state index contributed by atoms with van der Waals surface area (Å²) in [5, 5.41) is 4.09. The summed E-state index contributed by atoms with van der Waals surface area (Å²) in [6.07, 6.45) is 3.22. The van der Waals surface area contributed by atoms with Crippen molar-refractivity contribution >= 4 is 38.6 Å². The number of aryl methyl sites for hydroxylation is 1. The molecule has 2 heterocycles. The number of benzene rings is 1. The summed E-state index contributed by atoms with van der Waals surface area (Å²) in [6.45, 7) is 6.88. The van der Waals surface area contributed by atoms with Crippen LogP contribution in [0.25, 0.3) is 10.9 Å². The Bertz CT molecular complexity index is 790. The third kappa shape index (κ3) is 3.03. The second-order valence-corrected chi connectivity index (χ2v) is 6.61. The fourth-order valence-corrected chi connectivity index (χ4v) is 3.18. The average Bonchev–Trinajstić information content (AvgIpc) is 2.89. The molecule has 1 N–H and O–H groups in total. The SMILES string of the molecule is C=CC(=O)N1CC(NC(=O)Cn2ccc3c(C)c(Br)ccc32)C1. The molecule has 120 valence electrons. The van der Waals surface area contributed by atoms with Gasteiger partial charge in [-0.2, -0.15) is 0 Å². The molecule has 0 aliphatic carbocycles. The molecule has 2 aromatic rings. The first-order valence-corrected chi connectivity index (χ1v) is 8.23. The maximum atomic E-state index is 12.2. The maximum absolute atomic E-state index is 12.2. The molecule has 2 amide bonds. The minimum Gasteiger partial charge on any atom is -0.348 e. The lowest BCUT2D eigenvalue weighted by Gasteiger charge is -2.38. The van der Waals surface area contributed by atoms with Crippen molar-refractivity contribution in [1.82, 2.24) is 14.8 Å². The minimum atomic E-state index is -0.0899. The lowest BCUT2D eigenvalue weighted by molar-refractivity contribution is -0.133. The van der Waals surface area contributed by atoms with Crippen LogP contribution in [0.1, 0.15) is 5.56 Å². The van der Waals surface area contributed by atoms with Crippen LogP contribution in [-0.4, -0.2) is 40.4 Å². The second-order valence-electron chi connectivity index (χ2n) is 5.76. The van der Waals surface area contributed by atoms with Crippen molar-refractivity contribution in [2.45, 2.75) is 19.5 Å². The monoisotopic (exact) mass is 375 g/mol. The molecule has 0 saturated carbocycles. The van der Waals surface area contributed by atoms with E-state index in [-0.39, 0.29) is 24.4 Å². The van der Waals surface area contributed by atoms with Crippen LogP contribution >= 0.6 is 15.9 Å². The molecule has 0 spiro atoms. The van der Waals surface area contributed by atoms with E-state index in [0.717, 1.165) is 15.4 Å². The molecule has 0 bridgehead atoms. The lowest BCUT2D eigenvalue weighted by Crippen LogP contribution is -2.61. The van der Waals surface area contributed by atoms with Crippen LogP contribution < -0.4 is 5.32 Å². The third-order valence-electron chi connectivity index (χ3n) is 4.20. The quantitative estimate of drug-likeness (QED) is 0.833. The molecule has 1 aliphatic heterocycles. The number of amides is 2. The van der Waals surface area contributed by atoms with Gasteiger partial charge in [-0.25, -0.2) is 0 Å². The number of fused-ring (bicyclic) bond motifs is 1. The summed E-state index contributed by atoms with van der Waals surface area (Å²) < 4.78 is 3.00. The number of nitrogens with zero attached hydrogens (tertiary/aromatic N) is 2. The number of carbonyl (C=O) groups is 2. The smallest absolute Gasteiger partial charge is 0.246 e. The van der Waals surface area contributed by atoms with Gasteiger partial charge < -0.3 is 14.8 Å². The summed E-state index contributed by atoms with van der Waals surface area (Å²) in [4.78, 5) is 25.2. The van der Waals surface area contributed by atoms with E-state index in [1.54, 1.807) is 4.90 Å². The van der Waals surface area contributed by atoms with E-state index in [1.165, 1.54) is 11.6 Å².